The molecule has 0 radical (unpaired) electrons. The Morgan fingerprint density at radius 3 is 2.87 bits per heavy atom. The van der Waals surface area contributed by atoms with Crippen LogP contribution >= 0.6 is 0 Å². The predicted molar refractivity (Wildman–Crippen MR) is 61.0 cm³/mol. The Kier molecular flexibility index (Phi) is 5.05. The zero-order valence-electron chi connectivity index (χ0n) is 9.83. The maximum Gasteiger partial charge on any atom is 0.233 e. The maximum atomic E-state index is 10.9. The summed E-state index contributed by atoms with van der Waals surface area (Å²) in [5, 5.41) is 0. The zero-order valence-corrected chi connectivity index (χ0v) is 9.83. The summed E-state index contributed by atoms with van der Waals surface area (Å²) < 4.78 is 0. The van der Waals surface area contributed by atoms with Crippen LogP contribution in [-0.4, -0.2) is 29.9 Å². The minimum absolute atomic E-state index is 0.0623. The minimum Gasteiger partial charge on any atom is -0.300 e. The van der Waals surface area contributed by atoms with Gasteiger partial charge in [0.25, 0.3) is 0 Å². The number of piperidine rings is 1. The summed E-state index contributed by atoms with van der Waals surface area (Å²) in [5.74, 6) is 5.76. The van der Waals surface area contributed by atoms with Crippen LogP contribution in [0.3, 0.4) is 0 Å². The summed E-state index contributed by atoms with van der Waals surface area (Å²) in [4.78, 5) is 13.4. The van der Waals surface area contributed by atoms with Crippen LogP contribution in [0, 0.1) is 5.92 Å². The van der Waals surface area contributed by atoms with E-state index in [9.17, 15) is 4.79 Å². The highest BCUT2D eigenvalue weighted by atomic mass is 16.2. The lowest BCUT2D eigenvalue weighted by atomic mass is 9.95. The lowest BCUT2D eigenvalue weighted by Gasteiger charge is -2.36. The number of hydrogen-bond acceptors (Lipinski definition) is 3. The fraction of sp³-hybridized carbons (Fsp3) is 0.909. The molecule has 88 valence electrons. The number of nitrogens with one attached hydrogen (secondary N) is 1. The number of carbonyl (C=O) groups excluding carboxylic acids is 1. The number of amides is 1. The van der Waals surface area contributed by atoms with E-state index in [2.05, 4.69) is 24.2 Å². The third-order valence-electron chi connectivity index (χ3n) is 3.26. The first kappa shape index (κ1) is 12.5. The van der Waals surface area contributed by atoms with E-state index in [1.807, 2.05) is 0 Å². The van der Waals surface area contributed by atoms with Crippen LogP contribution in [0.25, 0.3) is 0 Å². The van der Waals surface area contributed by atoms with Crippen molar-refractivity contribution >= 4 is 5.91 Å². The van der Waals surface area contributed by atoms with Gasteiger partial charge in [-0.3, -0.25) is 10.2 Å². The molecule has 1 aliphatic rings. The van der Waals surface area contributed by atoms with Crippen molar-refractivity contribution in [1.82, 2.24) is 10.3 Å². The molecule has 4 heteroatoms. The fourth-order valence-corrected chi connectivity index (χ4v) is 2.21. The van der Waals surface area contributed by atoms with Gasteiger partial charge in [-0.2, -0.15) is 0 Å². The molecule has 1 saturated heterocycles. The van der Waals surface area contributed by atoms with Crippen molar-refractivity contribution < 1.29 is 4.79 Å². The van der Waals surface area contributed by atoms with Crippen molar-refractivity contribution in [3.05, 3.63) is 0 Å². The molecule has 0 aromatic carbocycles. The monoisotopic (exact) mass is 213 g/mol. The van der Waals surface area contributed by atoms with E-state index in [1.54, 1.807) is 0 Å². The minimum atomic E-state index is -0.0623. The van der Waals surface area contributed by atoms with Gasteiger partial charge in [0.05, 0.1) is 0 Å². The largest absolute Gasteiger partial charge is 0.300 e. The topological polar surface area (TPSA) is 58.4 Å². The average Bonchev–Trinajstić information content (AvgIpc) is 2.23. The molecule has 2 unspecified atom stereocenters. The smallest absolute Gasteiger partial charge is 0.233 e. The highest BCUT2D eigenvalue weighted by Gasteiger charge is 2.22. The first-order chi connectivity index (χ1) is 7.13. The molecule has 0 aliphatic carbocycles. The molecule has 15 heavy (non-hydrogen) atoms. The second kappa shape index (κ2) is 6.08. The van der Waals surface area contributed by atoms with Gasteiger partial charge in [-0.05, 0) is 38.6 Å². The van der Waals surface area contributed by atoms with Gasteiger partial charge in [0.2, 0.25) is 5.91 Å². The highest BCUT2D eigenvalue weighted by Crippen LogP contribution is 2.21. The number of nitrogens with zero attached hydrogens (tertiary/aromatic N) is 1. The van der Waals surface area contributed by atoms with Crippen molar-refractivity contribution in [2.45, 2.75) is 45.6 Å². The number of rotatable bonds is 4. The Morgan fingerprint density at radius 1 is 1.47 bits per heavy atom. The lowest BCUT2D eigenvalue weighted by molar-refractivity contribution is -0.121. The summed E-state index contributed by atoms with van der Waals surface area (Å²) >= 11 is 0. The maximum absolute atomic E-state index is 10.9. The van der Waals surface area contributed by atoms with Crippen LogP contribution in [-0.2, 0) is 4.79 Å². The number of hydrogen-bond donors (Lipinski definition) is 2. The van der Waals surface area contributed by atoms with Crippen LogP contribution in [0.5, 0.6) is 0 Å². The molecule has 1 rings (SSSR count). The van der Waals surface area contributed by atoms with Crippen LogP contribution in [0.2, 0.25) is 0 Å². The molecule has 1 aliphatic heterocycles. The van der Waals surface area contributed by atoms with Gasteiger partial charge in [0.1, 0.15) is 0 Å². The van der Waals surface area contributed by atoms with Gasteiger partial charge in [-0.1, -0.05) is 6.92 Å². The third kappa shape index (κ3) is 4.18. The van der Waals surface area contributed by atoms with Crippen molar-refractivity contribution in [2.24, 2.45) is 11.8 Å². The first-order valence-corrected chi connectivity index (χ1v) is 5.87. The highest BCUT2D eigenvalue weighted by molar-refractivity contribution is 5.75. The first-order valence-electron chi connectivity index (χ1n) is 5.87. The molecule has 4 nitrogen and oxygen atoms in total. The van der Waals surface area contributed by atoms with E-state index in [1.165, 1.54) is 19.4 Å². The van der Waals surface area contributed by atoms with Crippen molar-refractivity contribution in [2.75, 3.05) is 13.1 Å². The van der Waals surface area contributed by atoms with Crippen LogP contribution in [0.1, 0.15) is 39.5 Å². The quantitative estimate of drug-likeness (QED) is 0.414. The Labute approximate surface area is 92.2 Å². The molecule has 1 heterocycles. The molecule has 1 amide bonds. The SMILES string of the molecule is CC1CCC(C)N(CCCC(=O)NN)C1. The van der Waals surface area contributed by atoms with Gasteiger partial charge in [-0.15, -0.1) is 0 Å². The molecule has 0 saturated carbocycles. The fourth-order valence-electron chi connectivity index (χ4n) is 2.21. The van der Waals surface area contributed by atoms with Crippen LogP contribution in [0.15, 0.2) is 0 Å². The number of likely N-dealkylation sites (tertiary alicyclic amines) is 1. The predicted octanol–water partition coefficient (Wildman–Crippen LogP) is 0.877. The van der Waals surface area contributed by atoms with Gasteiger partial charge >= 0.3 is 0 Å². The molecule has 2 atom stereocenters. The molecular formula is C11H23N3O. The zero-order chi connectivity index (χ0) is 11.3. The molecule has 0 spiro atoms. The van der Waals surface area contributed by atoms with Crippen molar-refractivity contribution in [1.29, 1.82) is 0 Å². The average molecular weight is 213 g/mol. The van der Waals surface area contributed by atoms with E-state index in [4.69, 9.17) is 5.84 Å². The van der Waals surface area contributed by atoms with Crippen LogP contribution in [0.4, 0.5) is 0 Å². The number of carbonyl (C=O) groups is 1. The molecule has 0 bridgehead atoms. The third-order valence-corrected chi connectivity index (χ3v) is 3.26. The van der Waals surface area contributed by atoms with E-state index >= 15 is 0 Å². The molecule has 0 aromatic heterocycles. The van der Waals surface area contributed by atoms with E-state index in [0.29, 0.717) is 12.5 Å². The van der Waals surface area contributed by atoms with Crippen molar-refractivity contribution in [3.8, 4) is 0 Å². The van der Waals surface area contributed by atoms with Gasteiger partial charge in [0, 0.05) is 19.0 Å². The molecule has 0 aromatic rings. The van der Waals surface area contributed by atoms with Crippen LogP contribution < -0.4 is 11.3 Å². The van der Waals surface area contributed by atoms with Crippen molar-refractivity contribution in [3.63, 3.8) is 0 Å². The standard InChI is InChI=1S/C11H23N3O/c1-9-5-6-10(2)14(8-9)7-3-4-11(15)13-12/h9-10H,3-8,12H2,1-2H3,(H,13,15). The van der Waals surface area contributed by atoms with E-state index in [0.717, 1.165) is 18.9 Å². The van der Waals surface area contributed by atoms with E-state index in [-0.39, 0.29) is 5.91 Å². The van der Waals surface area contributed by atoms with Gasteiger partial charge in [0.15, 0.2) is 0 Å². The van der Waals surface area contributed by atoms with Gasteiger partial charge in [-0.25, -0.2) is 5.84 Å². The lowest BCUT2D eigenvalue weighted by Crippen LogP contribution is -2.41. The second-order valence-electron chi connectivity index (χ2n) is 4.70. The summed E-state index contributed by atoms with van der Waals surface area (Å²) in [7, 11) is 0. The Bertz CT molecular complexity index is 208. The summed E-state index contributed by atoms with van der Waals surface area (Å²) in [6.07, 6.45) is 4.05. The molecule has 3 N–H and O–H groups in total. The van der Waals surface area contributed by atoms with E-state index < -0.39 is 0 Å². The van der Waals surface area contributed by atoms with Gasteiger partial charge < -0.3 is 4.90 Å². The Morgan fingerprint density at radius 2 is 2.20 bits per heavy atom. The molecular weight excluding hydrogens is 190 g/mol. The molecule has 1 fully saturated rings. The Balaban J connectivity index is 2.21. The second-order valence-corrected chi connectivity index (χ2v) is 4.70. The number of nitrogens with two attached hydrogens (primary N) is 1. The Hall–Kier alpha value is -0.610. The summed E-state index contributed by atoms with van der Waals surface area (Å²) in [5.41, 5.74) is 2.17. The summed E-state index contributed by atoms with van der Waals surface area (Å²) in [6, 6.07) is 0.669. The normalized spacial score (nSPS) is 27.7. The number of hydrazine groups is 1. The summed E-state index contributed by atoms with van der Waals surface area (Å²) in [6.45, 7) is 6.75.